The summed E-state index contributed by atoms with van der Waals surface area (Å²) in [6.45, 7) is 7.71. The standard InChI is InChI=1S/C19H28N4O4/c1-14(18(24)23-7-6-20-19(23)25)22-10-8-21(9-11-22)13-15-4-5-16(26-2)17(12-15)27-3/h4-5,12,14H,6-11,13H2,1-3H3,(H,20,25)/p+2/t14-/m0/s1. The Morgan fingerprint density at radius 2 is 1.89 bits per heavy atom. The number of quaternary nitrogens is 2. The van der Waals surface area contributed by atoms with Gasteiger partial charge in [-0.3, -0.25) is 9.69 Å². The molecule has 2 aliphatic rings. The molecule has 1 aromatic rings. The summed E-state index contributed by atoms with van der Waals surface area (Å²) < 4.78 is 10.7. The molecule has 0 aliphatic carbocycles. The van der Waals surface area contributed by atoms with Crippen molar-refractivity contribution in [1.29, 1.82) is 0 Å². The van der Waals surface area contributed by atoms with Crippen molar-refractivity contribution in [2.75, 3.05) is 53.5 Å². The molecule has 1 aromatic carbocycles. The minimum absolute atomic E-state index is 0.0664. The van der Waals surface area contributed by atoms with Crippen molar-refractivity contribution >= 4 is 11.9 Å². The van der Waals surface area contributed by atoms with Gasteiger partial charge in [-0.25, -0.2) is 4.79 Å². The molecular weight excluding hydrogens is 348 g/mol. The van der Waals surface area contributed by atoms with Gasteiger partial charge in [0.2, 0.25) is 0 Å². The van der Waals surface area contributed by atoms with Gasteiger partial charge in [0.05, 0.1) is 14.2 Å². The molecule has 0 unspecified atom stereocenters. The minimum Gasteiger partial charge on any atom is -0.493 e. The molecule has 1 atom stereocenters. The highest BCUT2D eigenvalue weighted by Gasteiger charge is 2.37. The summed E-state index contributed by atoms with van der Waals surface area (Å²) >= 11 is 0. The van der Waals surface area contributed by atoms with Crippen molar-refractivity contribution in [2.24, 2.45) is 0 Å². The molecule has 2 saturated heterocycles. The number of piperazine rings is 1. The zero-order chi connectivity index (χ0) is 19.4. The van der Waals surface area contributed by atoms with Gasteiger partial charge in [-0.2, -0.15) is 0 Å². The number of amides is 3. The minimum atomic E-state index is -0.260. The molecule has 0 bridgehead atoms. The van der Waals surface area contributed by atoms with Gasteiger partial charge in [-0.1, -0.05) is 0 Å². The molecule has 0 aromatic heterocycles. The van der Waals surface area contributed by atoms with Crippen LogP contribution in [0.2, 0.25) is 0 Å². The molecule has 3 N–H and O–H groups in total. The van der Waals surface area contributed by atoms with E-state index in [-0.39, 0.29) is 18.0 Å². The third-order valence-corrected chi connectivity index (χ3v) is 5.61. The van der Waals surface area contributed by atoms with Crippen LogP contribution in [0.1, 0.15) is 12.5 Å². The largest absolute Gasteiger partial charge is 0.493 e. The molecule has 2 aliphatic heterocycles. The molecule has 3 amide bonds. The number of rotatable bonds is 6. The zero-order valence-corrected chi connectivity index (χ0v) is 16.3. The van der Waals surface area contributed by atoms with Gasteiger partial charge in [-0.05, 0) is 25.1 Å². The SMILES string of the molecule is COc1ccc(C[NH+]2CC[NH+]([C@@H](C)C(=O)N3CCNC3=O)CC2)cc1OC. The summed E-state index contributed by atoms with van der Waals surface area (Å²) in [6.07, 6.45) is 0. The lowest BCUT2D eigenvalue weighted by atomic mass is 10.1. The number of nitrogens with one attached hydrogen (secondary N) is 3. The van der Waals surface area contributed by atoms with Crippen LogP contribution < -0.4 is 24.6 Å². The molecular formula is C19H30N4O4+2. The lowest BCUT2D eigenvalue weighted by molar-refractivity contribution is -1.02. The summed E-state index contributed by atoms with van der Waals surface area (Å²) in [7, 11) is 3.29. The number of carbonyl (C=O) groups excluding carboxylic acids is 2. The number of methoxy groups -OCH3 is 2. The summed E-state index contributed by atoms with van der Waals surface area (Å²) in [5.74, 6) is 1.42. The molecule has 27 heavy (non-hydrogen) atoms. The fourth-order valence-electron chi connectivity index (χ4n) is 3.90. The van der Waals surface area contributed by atoms with Crippen molar-refractivity contribution in [1.82, 2.24) is 10.2 Å². The molecule has 8 nitrogen and oxygen atoms in total. The summed E-state index contributed by atoms with van der Waals surface area (Å²) in [5, 5.41) is 2.69. The summed E-state index contributed by atoms with van der Waals surface area (Å²) in [5.41, 5.74) is 1.21. The molecule has 8 heteroatoms. The Kier molecular flexibility index (Phi) is 6.18. The summed E-state index contributed by atoms with van der Waals surface area (Å²) in [4.78, 5) is 28.4. The van der Waals surface area contributed by atoms with Crippen LogP contribution in [0.5, 0.6) is 11.5 Å². The van der Waals surface area contributed by atoms with Crippen molar-refractivity contribution in [2.45, 2.75) is 19.5 Å². The highest BCUT2D eigenvalue weighted by Crippen LogP contribution is 2.27. The van der Waals surface area contributed by atoms with E-state index in [0.717, 1.165) is 44.2 Å². The fraction of sp³-hybridized carbons (Fsp3) is 0.579. The van der Waals surface area contributed by atoms with Crippen LogP contribution in [0.3, 0.4) is 0 Å². The molecule has 2 heterocycles. The van der Waals surface area contributed by atoms with E-state index < -0.39 is 0 Å². The Bertz CT molecular complexity index is 688. The first-order valence-electron chi connectivity index (χ1n) is 9.51. The average Bonchev–Trinajstić information content (AvgIpc) is 3.13. The van der Waals surface area contributed by atoms with E-state index >= 15 is 0 Å². The number of urea groups is 1. The third-order valence-electron chi connectivity index (χ3n) is 5.61. The van der Waals surface area contributed by atoms with Gasteiger partial charge < -0.3 is 24.6 Å². The van der Waals surface area contributed by atoms with Crippen LogP contribution in [0.15, 0.2) is 18.2 Å². The fourth-order valence-corrected chi connectivity index (χ4v) is 3.90. The Balaban J connectivity index is 1.53. The Hall–Kier alpha value is -2.32. The topological polar surface area (TPSA) is 76.8 Å². The Labute approximate surface area is 160 Å². The lowest BCUT2D eigenvalue weighted by Crippen LogP contribution is -3.29. The molecule has 0 saturated carbocycles. The quantitative estimate of drug-likeness (QED) is 0.532. The molecule has 2 fully saturated rings. The number of hydrogen-bond donors (Lipinski definition) is 3. The van der Waals surface area contributed by atoms with E-state index in [1.165, 1.54) is 20.3 Å². The van der Waals surface area contributed by atoms with E-state index in [4.69, 9.17) is 9.47 Å². The zero-order valence-electron chi connectivity index (χ0n) is 16.3. The smallest absolute Gasteiger partial charge is 0.324 e. The maximum atomic E-state index is 12.6. The van der Waals surface area contributed by atoms with Crippen LogP contribution in [0, 0.1) is 0 Å². The van der Waals surface area contributed by atoms with E-state index in [9.17, 15) is 9.59 Å². The number of nitrogens with zero attached hydrogens (tertiary/aromatic N) is 1. The number of carbonyl (C=O) groups is 2. The first kappa shape index (κ1) is 19.4. The van der Waals surface area contributed by atoms with Gasteiger partial charge in [0.25, 0.3) is 5.91 Å². The van der Waals surface area contributed by atoms with Crippen LogP contribution in [-0.4, -0.2) is 76.4 Å². The van der Waals surface area contributed by atoms with Crippen molar-refractivity contribution in [3.8, 4) is 11.5 Å². The molecule has 0 spiro atoms. The van der Waals surface area contributed by atoms with E-state index in [1.54, 1.807) is 14.2 Å². The van der Waals surface area contributed by atoms with E-state index in [0.29, 0.717) is 13.1 Å². The Morgan fingerprint density at radius 1 is 1.19 bits per heavy atom. The monoisotopic (exact) mass is 378 g/mol. The molecule has 3 rings (SSSR count). The first-order chi connectivity index (χ1) is 13.0. The van der Waals surface area contributed by atoms with Crippen molar-refractivity contribution < 1.29 is 28.9 Å². The predicted molar refractivity (Wildman–Crippen MR) is 99.2 cm³/mol. The van der Waals surface area contributed by atoms with Gasteiger partial charge in [0, 0.05) is 18.7 Å². The number of hydrogen-bond acceptors (Lipinski definition) is 4. The lowest BCUT2D eigenvalue weighted by Gasteiger charge is -2.33. The molecule has 148 valence electrons. The summed E-state index contributed by atoms with van der Waals surface area (Å²) in [6, 6.07) is 5.60. The highest BCUT2D eigenvalue weighted by atomic mass is 16.5. The van der Waals surface area contributed by atoms with Crippen LogP contribution >= 0.6 is 0 Å². The van der Waals surface area contributed by atoms with Crippen LogP contribution in [-0.2, 0) is 11.3 Å². The normalized spacial score (nSPS) is 23.7. The van der Waals surface area contributed by atoms with Crippen LogP contribution in [0.25, 0.3) is 0 Å². The maximum absolute atomic E-state index is 12.6. The first-order valence-corrected chi connectivity index (χ1v) is 9.51. The molecule has 0 radical (unpaired) electrons. The second-order valence-corrected chi connectivity index (χ2v) is 7.22. The van der Waals surface area contributed by atoms with Gasteiger partial charge in [0.1, 0.15) is 32.7 Å². The van der Waals surface area contributed by atoms with Gasteiger partial charge in [0.15, 0.2) is 17.5 Å². The van der Waals surface area contributed by atoms with Crippen molar-refractivity contribution in [3.63, 3.8) is 0 Å². The number of benzene rings is 1. The van der Waals surface area contributed by atoms with Gasteiger partial charge >= 0.3 is 6.03 Å². The number of imide groups is 1. The van der Waals surface area contributed by atoms with Gasteiger partial charge in [-0.15, -0.1) is 0 Å². The Morgan fingerprint density at radius 3 is 2.48 bits per heavy atom. The highest BCUT2D eigenvalue weighted by molar-refractivity contribution is 5.97. The third kappa shape index (κ3) is 4.33. The number of ether oxygens (including phenoxy) is 2. The predicted octanol–water partition coefficient (Wildman–Crippen LogP) is -2.07. The van der Waals surface area contributed by atoms with E-state index in [2.05, 4.69) is 11.4 Å². The maximum Gasteiger partial charge on any atom is 0.324 e. The van der Waals surface area contributed by atoms with E-state index in [1.807, 2.05) is 19.1 Å². The average molecular weight is 378 g/mol. The second-order valence-electron chi connectivity index (χ2n) is 7.22. The van der Waals surface area contributed by atoms with Crippen LogP contribution in [0.4, 0.5) is 4.79 Å². The van der Waals surface area contributed by atoms with Crippen molar-refractivity contribution in [3.05, 3.63) is 23.8 Å². The second kappa shape index (κ2) is 8.58.